The van der Waals surface area contributed by atoms with Crippen molar-refractivity contribution in [3.05, 3.63) is 0 Å². The fourth-order valence-electron chi connectivity index (χ4n) is 4.20. The number of fused-ring (bicyclic) bond motifs is 1. The molecule has 2 aliphatic rings. The number of amides is 1. The lowest BCUT2D eigenvalue weighted by Crippen LogP contribution is -2.45. The summed E-state index contributed by atoms with van der Waals surface area (Å²) in [4.78, 5) is 30.3. The van der Waals surface area contributed by atoms with Gasteiger partial charge in [-0.2, -0.15) is 0 Å². The molecule has 2 unspecified atom stereocenters. The van der Waals surface area contributed by atoms with E-state index in [2.05, 4.69) is 24.3 Å². The third-order valence-corrected chi connectivity index (χ3v) is 5.21. The van der Waals surface area contributed by atoms with Gasteiger partial charge >= 0.3 is 12.1 Å². The summed E-state index contributed by atoms with van der Waals surface area (Å²) in [6.07, 6.45) is 3.72. The van der Waals surface area contributed by atoms with Crippen LogP contribution in [-0.2, 0) is 19.1 Å². The van der Waals surface area contributed by atoms with Gasteiger partial charge in [-0.3, -0.25) is 4.79 Å². The summed E-state index contributed by atoms with van der Waals surface area (Å²) in [5, 5.41) is 7.33. The number of carbonyl (C=O) groups is 2. The highest BCUT2D eigenvalue weighted by Gasteiger charge is 2.55. The predicted molar refractivity (Wildman–Crippen MR) is 102 cm³/mol. The van der Waals surface area contributed by atoms with Crippen molar-refractivity contribution in [3.63, 3.8) is 0 Å². The van der Waals surface area contributed by atoms with Gasteiger partial charge in [0.1, 0.15) is 5.60 Å². The Balaban J connectivity index is 2.22. The summed E-state index contributed by atoms with van der Waals surface area (Å²) in [5.74, 6) is -0.582. The lowest BCUT2D eigenvalue weighted by molar-refractivity contribution is -0.149. The van der Waals surface area contributed by atoms with Crippen molar-refractivity contribution in [1.29, 1.82) is 0 Å². The van der Waals surface area contributed by atoms with Crippen LogP contribution in [0.5, 0.6) is 0 Å². The van der Waals surface area contributed by atoms with Crippen molar-refractivity contribution in [3.8, 4) is 0 Å². The number of alkyl carbamates (subject to hydrolysis) is 1. The first-order valence-corrected chi connectivity index (χ1v) is 10.0. The summed E-state index contributed by atoms with van der Waals surface area (Å²) in [5.41, 5.74) is 0.385. The second kappa shape index (κ2) is 8.93. The van der Waals surface area contributed by atoms with Gasteiger partial charge in [0.25, 0.3) is 0 Å². The highest BCUT2D eigenvalue weighted by molar-refractivity contribution is 5.93. The number of ether oxygens (including phenoxy) is 2. The minimum atomic E-state index is -0.583. The molecule has 0 radical (unpaired) electrons. The van der Waals surface area contributed by atoms with Crippen LogP contribution in [-0.4, -0.2) is 42.6 Å². The number of hydrogen-bond acceptors (Lipinski definition) is 6. The Morgan fingerprint density at radius 1 is 1.26 bits per heavy atom. The van der Waals surface area contributed by atoms with Crippen molar-refractivity contribution in [2.24, 2.45) is 22.9 Å². The van der Waals surface area contributed by atoms with Crippen LogP contribution < -0.4 is 5.32 Å². The van der Waals surface area contributed by atoms with Gasteiger partial charge in [-0.25, -0.2) is 4.79 Å². The predicted octanol–water partition coefficient (Wildman–Crippen LogP) is 3.66. The van der Waals surface area contributed by atoms with E-state index in [1.165, 1.54) is 7.11 Å². The number of esters is 1. The van der Waals surface area contributed by atoms with Crippen molar-refractivity contribution >= 4 is 17.8 Å². The maximum atomic E-state index is 12.3. The summed E-state index contributed by atoms with van der Waals surface area (Å²) in [7, 11) is 1.37. The van der Waals surface area contributed by atoms with Gasteiger partial charge in [0.15, 0.2) is 6.10 Å². The van der Waals surface area contributed by atoms with E-state index >= 15 is 0 Å². The molecule has 4 atom stereocenters. The number of oxime groups is 1. The molecule has 0 aromatic rings. The third kappa shape index (κ3) is 5.14. The molecule has 1 heterocycles. The first-order valence-electron chi connectivity index (χ1n) is 10.0. The molecule has 0 aromatic carbocycles. The number of rotatable bonds is 7. The number of nitrogens with zero attached hydrogens (tertiary/aromatic N) is 1. The van der Waals surface area contributed by atoms with E-state index in [-0.39, 0.29) is 24.0 Å². The van der Waals surface area contributed by atoms with E-state index in [0.29, 0.717) is 12.3 Å². The smallest absolute Gasteiger partial charge is 0.407 e. The summed E-state index contributed by atoms with van der Waals surface area (Å²) < 4.78 is 10.4. The third-order valence-electron chi connectivity index (χ3n) is 5.21. The van der Waals surface area contributed by atoms with E-state index in [9.17, 15) is 9.59 Å². The van der Waals surface area contributed by atoms with E-state index in [0.717, 1.165) is 31.4 Å². The van der Waals surface area contributed by atoms with Gasteiger partial charge in [0.05, 0.1) is 24.7 Å². The molecule has 7 heteroatoms. The van der Waals surface area contributed by atoms with Gasteiger partial charge in [-0.1, -0.05) is 31.8 Å². The van der Waals surface area contributed by atoms with Gasteiger partial charge in [-0.15, -0.1) is 0 Å². The number of methoxy groups -OCH3 is 1. The van der Waals surface area contributed by atoms with E-state index < -0.39 is 17.6 Å². The van der Waals surface area contributed by atoms with Gasteiger partial charge in [0, 0.05) is 12.0 Å². The maximum absolute atomic E-state index is 12.3. The molecule has 154 valence electrons. The average molecular weight is 383 g/mol. The van der Waals surface area contributed by atoms with Crippen molar-refractivity contribution in [1.82, 2.24) is 5.32 Å². The zero-order valence-electron chi connectivity index (χ0n) is 17.4. The lowest BCUT2D eigenvalue weighted by atomic mass is 9.82. The zero-order chi connectivity index (χ0) is 20.2. The molecule has 7 nitrogen and oxygen atoms in total. The fourth-order valence-corrected chi connectivity index (χ4v) is 4.20. The van der Waals surface area contributed by atoms with Crippen molar-refractivity contribution in [2.75, 3.05) is 7.11 Å². The number of carbonyl (C=O) groups excluding carboxylic acids is 2. The van der Waals surface area contributed by atoms with E-state index in [1.54, 1.807) is 0 Å². The van der Waals surface area contributed by atoms with Crippen LogP contribution in [0.2, 0.25) is 0 Å². The summed E-state index contributed by atoms with van der Waals surface area (Å²) >= 11 is 0. The fraction of sp³-hybridized carbons (Fsp3) is 0.850. The highest BCUT2D eigenvalue weighted by Crippen LogP contribution is 2.42. The SMILES string of the molecule is CCCC(CCC)C1=NO[C@H]2C1C(NC(=O)OC(C)(C)C)C[C@@H]2C(=O)OC. The molecule has 1 saturated carbocycles. The molecule has 1 amide bonds. The van der Waals surface area contributed by atoms with Crippen LogP contribution in [0.4, 0.5) is 4.79 Å². The molecule has 0 saturated heterocycles. The Kier molecular flexibility index (Phi) is 7.12. The highest BCUT2D eigenvalue weighted by atomic mass is 16.6. The molecule has 0 aromatic heterocycles. The second-order valence-corrected chi connectivity index (χ2v) is 8.50. The van der Waals surface area contributed by atoms with Gasteiger partial charge < -0.3 is 19.6 Å². The molecule has 1 fully saturated rings. The minimum Gasteiger partial charge on any atom is -0.469 e. The first kappa shape index (κ1) is 21.5. The van der Waals surface area contributed by atoms with E-state index in [1.807, 2.05) is 20.8 Å². The van der Waals surface area contributed by atoms with Crippen molar-refractivity contribution < 1.29 is 23.9 Å². The molecule has 0 bridgehead atoms. The van der Waals surface area contributed by atoms with Crippen LogP contribution in [0.15, 0.2) is 5.16 Å². The average Bonchev–Trinajstić information content (AvgIpc) is 3.13. The van der Waals surface area contributed by atoms with Gasteiger partial charge in [0.2, 0.25) is 0 Å². The summed E-state index contributed by atoms with van der Waals surface area (Å²) in [6.45, 7) is 9.78. The molecule has 1 aliphatic heterocycles. The van der Waals surface area contributed by atoms with Crippen LogP contribution in [0.1, 0.15) is 66.7 Å². The van der Waals surface area contributed by atoms with Crippen LogP contribution in [0.25, 0.3) is 0 Å². The number of hydrogen-bond donors (Lipinski definition) is 1. The monoisotopic (exact) mass is 382 g/mol. The quantitative estimate of drug-likeness (QED) is 0.679. The Morgan fingerprint density at radius 2 is 1.89 bits per heavy atom. The normalized spacial score (nSPS) is 27.0. The molecule has 1 N–H and O–H groups in total. The lowest BCUT2D eigenvalue weighted by Gasteiger charge is -2.26. The van der Waals surface area contributed by atoms with Gasteiger partial charge in [-0.05, 0) is 40.0 Å². The zero-order valence-corrected chi connectivity index (χ0v) is 17.4. The summed E-state index contributed by atoms with van der Waals surface area (Å²) in [6, 6.07) is -0.258. The van der Waals surface area contributed by atoms with Crippen LogP contribution >= 0.6 is 0 Å². The molecule has 0 spiro atoms. The largest absolute Gasteiger partial charge is 0.469 e. The number of nitrogens with one attached hydrogen (secondary N) is 1. The van der Waals surface area contributed by atoms with E-state index in [4.69, 9.17) is 14.3 Å². The Hall–Kier alpha value is -1.79. The van der Waals surface area contributed by atoms with Crippen molar-refractivity contribution in [2.45, 2.75) is 84.5 Å². The van der Waals surface area contributed by atoms with Crippen LogP contribution in [0, 0.1) is 17.8 Å². The first-order chi connectivity index (χ1) is 12.7. The molecular weight excluding hydrogens is 348 g/mol. The topological polar surface area (TPSA) is 86.2 Å². The molecule has 1 aliphatic carbocycles. The Morgan fingerprint density at radius 3 is 2.41 bits per heavy atom. The molecule has 27 heavy (non-hydrogen) atoms. The Labute approximate surface area is 162 Å². The molecular formula is C20H34N2O5. The molecule has 2 rings (SSSR count). The second-order valence-electron chi connectivity index (χ2n) is 8.50. The minimum absolute atomic E-state index is 0.121. The maximum Gasteiger partial charge on any atom is 0.407 e. The Bertz CT molecular complexity index is 563. The van der Waals surface area contributed by atoms with Crippen LogP contribution in [0.3, 0.4) is 0 Å². The standard InChI is InChI=1S/C20H34N2O5/c1-7-9-12(10-8-2)16-15-14(21-19(24)26-20(3,4)5)11-13(18(23)25-6)17(15)27-22-16/h12-15,17H,7-11H2,1-6H3,(H,21,24)/t13-,14?,15?,17+/m0/s1.